The van der Waals surface area contributed by atoms with E-state index in [9.17, 15) is 4.79 Å². The molecular formula is C15H18N2O2. The number of amides is 1. The maximum absolute atomic E-state index is 10.8. The molecule has 1 aromatic rings. The van der Waals surface area contributed by atoms with E-state index in [0.717, 1.165) is 19.3 Å². The van der Waals surface area contributed by atoms with Gasteiger partial charge in [0.05, 0.1) is 11.6 Å². The summed E-state index contributed by atoms with van der Waals surface area (Å²) in [4.78, 5) is 10.8. The third-order valence-electron chi connectivity index (χ3n) is 3.68. The van der Waals surface area contributed by atoms with Gasteiger partial charge in [-0.3, -0.25) is 0 Å². The lowest BCUT2D eigenvalue weighted by Gasteiger charge is -2.28. The van der Waals surface area contributed by atoms with Crippen LogP contribution in [0.25, 0.3) is 0 Å². The maximum Gasteiger partial charge on any atom is 0.405 e. The van der Waals surface area contributed by atoms with Gasteiger partial charge in [-0.15, -0.1) is 0 Å². The van der Waals surface area contributed by atoms with Crippen molar-refractivity contribution in [2.75, 3.05) is 0 Å². The second-order valence-corrected chi connectivity index (χ2v) is 5.78. The SMILES string of the molecule is CC(C)(C[C@H]1CCc2cc(C#N)ccc21)NC(=O)O. The van der Waals surface area contributed by atoms with E-state index < -0.39 is 11.6 Å². The van der Waals surface area contributed by atoms with Crippen LogP contribution in [-0.2, 0) is 6.42 Å². The van der Waals surface area contributed by atoms with Crippen LogP contribution in [0.4, 0.5) is 4.79 Å². The number of hydrogen-bond donors (Lipinski definition) is 2. The zero-order valence-electron chi connectivity index (χ0n) is 11.2. The molecule has 0 saturated carbocycles. The lowest BCUT2D eigenvalue weighted by molar-refractivity contribution is 0.179. The summed E-state index contributed by atoms with van der Waals surface area (Å²) in [6.45, 7) is 3.81. The average molecular weight is 258 g/mol. The minimum absolute atomic E-state index is 0.365. The Morgan fingerprint density at radius 2 is 2.32 bits per heavy atom. The molecular weight excluding hydrogens is 240 g/mol. The molecule has 1 atom stereocenters. The standard InChI is InChI=1S/C15H18N2O2/c1-15(2,17-14(18)19)8-12-5-4-11-7-10(9-16)3-6-13(11)12/h3,6-7,12,17H,4-5,8H2,1-2H3,(H,18,19)/t12-/m1/s1. The zero-order chi connectivity index (χ0) is 14.0. The third kappa shape index (κ3) is 3.05. The Balaban J connectivity index is 2.15. The number of carboxylic acid groups (broad SMARTS) is 1. The van der Waals surface area contributed by atoms with Gasteiger partial charge in [0.15, 0.2) is 0 Å². The van der Waals surface area contributed by atoms with Crippen molar-refractivity contribution >= 4 is 6.09 Å². The largest absolute Gasteiger partial charge is 0.465 e. The molecule has 1 aliphatic carbocycles. The van der Waals surface area contributed by atoms with Crippen LogP contribution < -0.4 is 5.32 Å². The van der Waals surface area contributed by atoms with Gasteiger partial charge in [-0.05, 0) is 62.3 Å². The molecule has 0 heterocycles. The normalized spacial score (nSPS) is 17.6. The Morgan fingerprint density at radius 3 is 2.95 bits per heavy atom. The van der Waals surface area contributed by atoms with Crippen molar-refractivity contribution in [1.82, 2.24) is 5.32 Å². The summed E-state index contributed by atoms with van der Waals surface area (Å²) in [6, 6.07) is 7.97. The van der Waals surface area contributed by atoms with Crippen LogP contribution in [0.1, 0.15) is 49.3 Å². The molecule has 1 amide bonds. The van der Waals surface area contributed by atoms with Crippen LogP contribution in [0, 0.1) is 11.3 Å². The molecule has 1 aliphatic rings. The van der Waals surface area contributed by atoms with Crippen molar-refractivity contribution in [2.24, 2.45) is 0 Å². The molecule has 4 heteroatoms. The number of benzene rings is 1. The van der Waals surface area contributed by atoms with Crippen molar-refractivity contribution in [3.05, 3.63) is 34.9 Å². The molecule has 4 nitrogen and oxygen atoms in total. The quantitative estimate of drug-likeness (QED) is 0.875. The summed E-state index contributed by atoms with van der Waals surface area (Å²) in [6.07, 6.45) is 1.79. The highest BCUT2D eigenvalue weighted by molar-refractivity contribution is 5.65. The zero-order valence-corrected chi connectivity index (χ0v) is 11.2. The number of rotatable bonds is 3. The molecule has 2 rings (SSSR count). The number of nitrogens with zero attached hydrogens (tertiary/aromatic N) is 1. The predicted molar refractivity (Wildman–Crippen MR) is 72.1 cm³/mol. The van der Waals surface area contributed by atoms with E-state index in [2.05, 4.69) is 11.4 Å². The van der Waals surface area contributed by atoms with Gasteiger partial charge in [0.25, 0.3) is 0 Å². The number of nitriles is 1. The summed E-state index contributed by atoms with van der Waals surface area (Å²) in [5.41, 5.74) is 2.75. The molecule has 0 aliphatic heterocycles. The molecule has 0 unspecified atom stereocenters. The molecule has 100 valence electrons. The molecule has 0 saturated heterocycles. The second kappa shape index (κ2) is 4.93. The molecule has 0 radical (unpaired) electrons. The summed E-state index contributed by atoms with van der Waals surface area (Å²) in [5, 5.41) is 20.3. The van der Waals surface area contributed by atoms with E-state index in [4.69, 9.17) is 10.4 Å². The lowest BCUT2D eigenvalue weighted by Crippen LogP contribution is -2.43. The van der Waals surface area contributed by atoms with Crippen LogP contribution in [0.2, 0.25) is 0 Å². The molecule has 0 aromatic heterocycles. The highest BCUT2D eigenvalue weighted by atomic mass is 16.4. The fourth-order valence-corrected chi connectivity index (χ4v) is 2.94. The van der Waals surface area contributed by atoms with Crippen molar-refractivity contribution < 1.29 is 9.90 Å². The summed E-state index contributed by atoms with van der Waals surface area (Å²) in [5.74, 6) is 0.365. The van der Waals surface area contributed by atoms with Gasteiger partial charge in [0, 0.05) is 5.54 Å². The van der Waals surface area contributed by atoms with Crippen molar-refractivity contribution in [3.63, 3.8) is 0 Å². The van der Waals surface area contributed by atoms with Gasteiger partial charge >= 0.3 is 6.09 Å². The summed E-state index contributed by atoms with van der Waals surface area (Å²) < 4.78 is 0. The highest BCUT2D eigenvalue weighted by Gasteiger charge is 2.30. The van der Waals surface area contributed by atoms with E-state index >= 15 is 0 Å². The first-order valence-electron chi connectivity index (χ1n) is 6.45. The van der Waals surface area contributed by atoms with Gasteiger partial charge in [0.2, 0.25) is 0 Å². The number of fused-ring (bicyclic) bond motifs is 1. The van der Waals surface area contributed by atoms with Crippen LogP contribution >= 0.6 is 0 Å². The smallest absolute Gasteiger partial charge is 0.405 e. The van der Waals surface area contributed by atoms with Gasteiger partial charge in [0.1, 0.15) is 0 Å². The Morgan fingerprint density at radius 1 is 1.58 bits per heavy atom. The number of nitrogens with one attached hydrogen (secondary N) is 1. The topological polar surface area (TPSA) is 73.1 Å². The van der Waals surface area contributed by atoms with Crippen LogP contribution in [0.3, 0.4) is 0 Å². The Hall–Kier alpha value is -2.02. The van der Waals surface area contributed by atoms with Gasteiger partial charge in [-0.1, -0.05) is 6.07 Å². The first-order chi connectivity index (χ1) is 8.91. The molecule has 0 fully saturated rings. The first-order valence-corrected chi connectivity index (χ1v) is 6.45. The maximum atomic E-state index is 10.8. The van der Waals surface area contributed by atoms with E-state index in [0.29, 0.717) is 11.5 Å². The monoisotopic (exact) mass is 258 g/mol. The first kappa shape index (κ1) is 13.4. The Labute approximate surface area is 113 Å². The Bertz CT molecular complexity index is 544. The van der Waals surface area contributed by atoms with Gasteiger partial charge < -0.3 is 10.4 Å². The summed E-state index contributed by atoms with van der Waals surface area (Å²) in [7, 11) is 0. The minimum Gasteiger partial charge on any atom is -0.465 e. The molecule has 2 N–H and O–H groups in total. The third-order valence-corrected chi connectivity index (χ3v) is 3.68. The predicted octanol–water partition coefficient (Wildman–Crippen LogP) is 3.02. The van der Waals surface area contributed by atoms with Crippen molar-refractivity contribution in [3.8, 4) is 6.07 Å². The Kier molecular flexibility index (Phi) is 3.48. The lowest BCUT2D eigenvalue weighted by atomic mass is 9.87. The highest BCUT2D eigenvalue weighted by Crippen LogP contribution is 2.38. The van der Waals surface area contributed by atoms with E-state index in [1.165, 1.54) is 11.1 Å². The van der Waals surface area contributed by atoms with Crippen molar-refractivity contribution in [2.45, 2.75) is 44.6 Å². The van der Waals surface area contributed by atoms with E-state index in [1.54, 1.807) is 0 Å². The van der Waals surface area contributed by atoms with E-state index in [1.807, 2.05) is 32.0 Å². The number of aryl methyl sites for hydroxylation is 1. The van der Waals surface area contributed by atoms with E-state index in [-0.39, 0.29) is 0 Å². The minimum atomic E-state index is -0.983. The number of carbonyl (C=O) groups is 1. The molecule has 1 aromatic carbocycles. The van der Waals surface area contributed by atoms with Crippen LogP contribution in [-0.4, -0.2) is 16.7 Å². The van der Waals surface area contributed by atoms with Crippen LogP contribution in [0.5, 0.6) is 0 Å². The molecule has 0 spiro atoms. The summed E-state index contributed by atoms with van der Waals surface area (Å²) >= 11 is 0. The molecule has 0 bridgehead atoms. The fourth-order valence-electron chi connectivity index (χ4n) is 2.94. The fraction of sp³-hybridized carbons (Fsp3) is 0.467. The van der Waals surface area contributed by atoms with Gasteiger partial charge in [-0.25, -0.2) is 4.79 Å². The van der Waals surface area contributed by atoms with Gasteiger partial charge in [-0.2, -0.15) is 5.26 Å². The average Bonchev–Trinajstić information content (AvgIpc) is 2.69. The number of hydrogen-bond acceptors (Lipinski definition) is 2. The van der Waals surface area contributed by atoms with Crippen molar-refractivity contribution in [1.29, 1.82) is 5.26 Å². The van der Waals surface area contributed by atoms with Crippen LogP contribution in [0.15, 0.2) is 18.2 Å². The molecule has 19 heavy (non-hydrogen) atoms. The second-order valence-electron chi connectivity index (χ2n) is 5.78.